The van der Waals surface area contributed by atoms with Crippen molar-refractivity contribution in [3.8, 4) is 0 Å². The number of thiophene rings is 1. The maximum Gasteiger partial charge on any atom is 0.253 e. The van der Waals surface area contributed by atoms with Crippen molar-refractivity contribution in [1.82, 2.24) is 15.0 Å². The summed E-state index contributed by atoms with van der Waals surface area (Å²) in [6.45, 7) is 0. The molecule has 0 saturated heterocycles. The molecule has 6 nitrogen and oxygen atoms in total. The summed E-state index contributed by atoms with van der Waals surface area (Å²) in [7, 11) is 0. The van der Waals surface area contributed by atoms with Crippen molar-refractivity contribution in [2.75, 3.05) is 5.75 Å². The van der Waals surface area contributed by atoms with Gasteiger partial charge in [-0.05, 0) is 29.6 Å². The molecular weight excluding hydrogens is 356 g/mol. The van der Waals surface area contributed by atoms with Gasteiger partial charge in [0.1, 0.15) is 11.8 Å². The fraction of sp³-hybridized carbons (Fsp3) is 0.176. The van der Waals surface area contributed by atoms with E-state index in [4.69, 9.17) is 4.42 Å². The summed E-state index contributed by atoms with van der Waals surface area (Å²) in [6, 6.07) is 9.24. The van der Waals surface area contributed by atoms with Crippen molar-refractivity contribution < 1.29 is 9.21 Å². The summed E-state index contributed by atoms with van der Waals surface area (Å²) >= 11 is 2.92. The fourth-order valence-electron chi connectivity index (χ4n) is 2.59. The van der Waals surface area contributed by atoms with Crippen molar-refractivity contribution in [2.24, 2.45) is 5.10 Å². The van der Waals surface area contributed by atoms with Gasteiger partial charge in [-0.25, -0.2) is 15.0 Å². The molecule has 1 aliphatic rings. The first-order valence-corrected chi connectivity index (χ1v) is 9.54. The lowest BCUT2D eigenvalue weighted by Crippen LogP contribution is -2.28. The quantitative estimate of drug-likeness (QED) is 0.507. The summed E-state index contributed by atoms with van der Waals surface area (Å²) < 4.78 is 5.53. The molecule has 1 unspecified atom stereocenters. The van der Waals surface area contributed by atoms with Crippen LogP contribution >= 0.6 is 23.1 Å². The Bertz CT molecular complexity index is 863. The minimum atomic E-state index is -0.211. The van der Waals surface area contributed by atoms with E-state index in [1.54, 1.807) is 36.1 Å². The van der Waals surface area contributed by atoms with Crippen LogP contribution in [0.2, 0.25) is 0 Å². The monoisotopic (exact) mass is 370 g/mol. The van der Waals surface area contributed by atoms with Gasteiger partial charge in [0.15, 0.2) is 5.16 Å². The number of nitrogens with zero attached hydrogens (tertiary/aromatic N) is 4. The van der Waals surface area contributed by atoms with Gasteiger partial charge in [0.25, 0.3) is 5.91 Å². The molecule has 0 radical (unpaired) electrons. The first kappa shape index (κ1) is 16.0. The Morgan fingerprint density at radius 1 is 1.28 bits per heavy atom. The molecule has 0 aliphatic carbocycles. The maximum absolute atomic E-state index is 12.7. The highest BCUT2D eigenvalue weighted by Crippen LogP contribution is 2.34. The van der Waals surface area contributed by atoms with Gasteiger partial charge in [-0.2, -0.15) is 5.10 Å². The lowest BCUT2D eigenvalue weighted by atomic mass is 10.1. The molecule has 1 atom stereocenters. The Morgan fingerprint density at radius 3 is 2.88 bits per heavy atom. The topological polar surface area (TPSA) is 71.6 Å². The number of thioether (sulfide) groups is 1. The van der Waals surface area contributed by atoms with Crippen molar-refractivity contribution in [3.63, 3.8) is 0 Å². The smallest absolute Gasteiger partial charge is 0.253 e. The van der Waals surface area contributed by atoms with Crippen LogP contribution in [0.5, 0.6) is 0 Å². The van der Waals surface area contributed by atoms with E-state index in [9.17, 15) is 4.79 Å². The van der Waals surface area contributed by atoms with Crippen LogP contribution in [0.3, 0.4) is 0 Å². The zero-order valence-corrected chi connectivity index (χ0v) is 14.7. The van der Waals surface area contributed by atoms with Gasteiger partial charge < -0.3 is 4.42 Å². The average Bonchev–Trinajstić information content (AvgIpc) is 3.40. The minimum absolute atomic E-state index is 0.0922. The second-order valence-corrected chi connectivity index (χ2v) is 7.21. The molecule has 25 heavy (non-hydrogen) atoms. The number of aromatic nitrogens is 2. The SMILES string of the molecule is O=C(CSc1ncccn1)N1N=C(c2cccs2)CC1c1ccco1. The molecule has 126 valence electrons. The molecule has 1 amide bonds. The van der Waals surface area contributed by atoms with Gasteiger partial charge in [-0.15, -0.1) is 11.3 Å². The largest absolute Gasteiger partial charge is 0.467 e. The molecular formula is C17H14N4O2S2. The van der Waals surface area contributed by atoms with Crippen LogP contribution in [0.4, 0.5) is 0 Å². The highest BCUT2D eigenvalue weighted by atomic mass is 32.2. The summed E-state index contributed by atoms with van der Waals surface area (Å²) in [5.41, 5.74) is 0.908. The van der Waals surface area contributed by atoms with Crippen molar-refractivity contribution in [3.05, 3.63) is 65.0 Å². The van der Waals surface area contributed by atoms with Gasteiger partial charge >= 0.3 is 0 Å². The predicted molar refractivity (Wildman–Crippen MR) is 96.5 cm³/mol. The van der Waals surface area contributed by atoms with Gasteiger partial charge in [-0.1, -0.05) is 17.8 Å². The summed E-state index contributed by atoms with van der Waals surface area (Å²) in [4.78, 5) is 22.1. The second-order valence-electron chi connectivity index (χ2n) is 5.32. The third-order valence-corrected chi connectivity index (χ3v) is 5.49. The lowest BCUT2D eigenvalue weighted by molar-refractivity contribution is -0.130. The first-order chi connectivity index (χ1) is 12.3. The zero-order valence-electron chi connectivity index (χ0n) is 13.1. The second kappa shape index (κ2) is 7.20. The number of hydrogen-bond acceptors (Lipinski definition) is 7. The first-order valence-electron chi connectivity index (χ1n) is 7.68. The number of carbonyl (C=O) groups is 1. The van der Waals surface area contributed by atoms with Gasteiger partial charge in [0, 0.05) is 18.8 Å². The molecule has 8 heteroatoms. The molecule has 0 fully saturated rings. The summed E-state index contributed by atoms with van der Waals surface area (Å²) in [5, 5.41) is 8.69. The van der Waals surface area contributed by atoms with Crippen LogP contribution in [0.15, 0.2) is 69.0 Å². The third-order valence-electron chi connectivity index (χ3n) is 3.71. The Balaban J connectivity index is 1.54. The standard InChI is InChI=1S/C17H14N4O2S2/c22-16(11-25-17-18-6-3-7-19-17)21-13(14-4-1-8-23-14)10-12(20-21)15-5-2-9-24-15/h1-9,13H,10-11H2. The third kappa shape index (κ3) is 3.49. The van der Waals surface area contributed by atoms with Crippen molar-refractivity contribution in [2.45, 2.75) is 17.6 Å². The Morgan fingerprint density at radius 2 is 2.16 bits per heavy atom. The lowest BCUT2D eigenvalue weighted by Gasteiger charge is -2.19. The van der Waals surface area contributed by atoms with Crippen LogP contribution in [-0.2, 0) is 4.79 Å². The molecule has 0 spiro atoms. The van der Waals surface area contributed by atoms with E-state index in [0.717, 1.165) is 16.3 Å². The summed E-state index contributed by atoms with van der Waals surface area (Å²) in [5.74, 6) is 0.873. The van der Waals surface area contributed by atoms with Gasteiger partial charge in [0.05, 0.1) is 22.6 Å². The number of furan rings is 1. The number of amides is 1. The fourth-order valence-corrected chi connectivity index (χ4v) is 3.96. The molecule has 0 aromatic carbocycles. The molecule has 0 saturated carbocycles. The normalized spacial score (nSPS) is 16.9. The van der Waals surface area contributed by atoms with Crippen LogP contribution in [0, 0.1) is 0 Å². The molecule has 3 aromatic rings. The highest BCUT2D eigenvalue weighted by Gasteiger charge is 2.35. The molecule has 1 aliphatic heterocycles. The number of hydrazone groups is 1. The van der Waals surface area contributed by atoms with E-state index in [1.165, 1.54) is 16.8 Å². The van der Waals surface area contributed by atoms with Crippen molar-refractivity contribution in [1.29, 1.82) is 0 Å². The molecule has 3 aromatic heterocycles. The van der Waals surface area contributed by atoms with Crippen LogP contribution < -0.4 is 0 Å². The van der Waals surface area contributed by atoms with Gasteiger partial charge in [-0.3, -0.25) is 4.79 Å². The predicted octanol–water partition coefficient (Wildman–Crippen LogP) is 3.60. The summed E-state index contributed by atoms with van der Waals surface area (Å²) in [6.07, 6.45) is 5.59. The van der Waals surface area contributed by atoms with E-state index < -0.39 is 0 Å². The van der Waals surface area contributed by atoms with Crippen LogP contribution in [-0.4, -0.2) is 32.3 Å². The molecule has 0 bridgehead atoms. The molecule has 4 rings (SSSR count). The number of carbonyl (C=O) groups excluding carboxylic acids is 1. The Kier molecular flexibility index (Phi) is 4.62. The van der Waals surface area contributed by atoms with Crippen molar-refractivity contribution >= 4 is 34.7 Å². The Hall–Kier alpha value is -2.45. The van der Waals surface area contributed by atoms with E-state index >= 15 is 0 Å². The highest BCUT2D eigenvalue weighted by molar-refractivity contribution is 7.99. The average molecular weight is 370 g/mol. The van der Waals surface area contributed by atoms with Crippen LogP contribution in [0.1, 0.15) is 23.1 Å². The molecule has 0 N–H and O–H groups in total. The van der Waals surface area contributed by atoms with Crippen LogP contribution in [0.25, 0.3) is 0 Å². The van der Waals surface area contributed by atoms with Gasteiger partial charge in [0.2, 0.25) is 0 Å². The van der Waals surface area contributed by atoms with E-state index in [2.05, 4.69) is 15.1 Å². The number of rotatable bonds is 5. The van der Waals surface area contributed by atoms with E-state index in [1.807, 2.05) is 29.6 Å². The molecule has 4 heterocycles. The van der Waals surface area contributed by atoms with E-state index in [0.29, 0.717) is 11.6 Å². The minimum Gasteiger partial charge on any atom is -0.467 e. The van der Waals surface area contributed by atoms with E-state index in [-0.39, 0.29) is 17.7 Å². The maximum atomic E-state index is 12.7. The number of hydrogen-bond donors (Lipinski definition) is 0. The Labute approximate surface area is 152 Å². The zero-order chi connectivity index (χ0) is 17.1.